The highest BCUT2D eigenvalue weighted by molar-refractivity contribution is 7.09. The average Bonchev–Trinajstić information content (AvgIpc) is 2.79. The van der Waals surface area contributed by atoms with E-state index >= 15 is 0 Å². The maximum Gasteiger partial charge on any atom is 0.250 e. The molecule has 0 aromatic carbocycles. The van der Waals surface area contributed by atoms with Crippen molar-refractivity contribution in [3.05, 3.63) is 57.1 Å². The van der Waals surface area contributed by atoms with Crippen LogP contribution in [0.1, 0.15) is 4.88 Å². The minimum atomic E-state index is 0.0559. The first-order valence-corrected chi connectivity index (χ1v) is 6.13. The Morgan fingerprint density at radius 3 is 2.94 bits per heavy atom. The van der Waals surface area contributed by atoms with E-state index in [1.54, 1.807) is 28.0 Å². The summed E-state index contributed by atoms with van der Waals surface area (Å²) in [6.45, 7) is 2.39. The molecule has 0 unspecified atom stereocenters. The summed E-state index contributed by atoms with van der Waals surface area (Å²) >= 11 is 1.74. The van der Waals surface area contributed by atoms with E-state index in [-0.39, 0.29) is 5.56 Å². The van der Waals surface area contributed by atoms with Gasteiger partial charge in [0.15, 0.2) is 0 Å². The van der Waals surface area contributed by atoms with Crippen molar-refractivity contribution < 1.29 is 0 Å². The summed E-state index contributed by atoms with van der Waals surface area (Å²) in [5.74, 6) is 0. The number of thiophene rings is 1. The first-order valence-electron chi connectivity index (χ1n) is 5.25. The van der Waals surface area contributed by atoms with Crippen molar-refractivity contribution in [2.24, 2.45) is 0 Å². The first kappa shape index (κ1) is 11.1. The van der Waals surface area contributed by atoms with Crippen molar-refractivity contribution in [1.29, 1.82) is 0 Å². The Balaban J connectivity index is 1.76. The largest absolute Gasteiger partial charge is 0.314 e. The lowest BCUT2D eigenvalue weighted by molar-refractivity contribution is 0.588. The molecular weight excluding hydrogens is 220 g/mol. The predicted octanol–water partition coefficient (Wildman–Crippen LogP) is 1.70. The zero-order chi connectivity index (χ0) is 11.2. The van der Waals surface area contributed by atoms with Gasteiger partial charge in [-0.1, -0.05) is 12.1 Å². The van der Waals surface area contributed by atoms with Gasteiger partial charge in [-0.15, -0.1) is 11.3 Å². The Kier molecular flexibility index (Phi) is 3.91. The van der Waals surface area contributed by atoms with E-state index in [0.717, 1.165) is 13.1 Å². The third-order valence-electron chi connectivity index (χ3n) is 2.31. The van der Waals surface area contributed by atoms with Crippen LogP contribution in [-0.2, 0) is 13.1 Å². The average molecular weight is 234 g/mol. The fraction of sp³-hybridized carbons (Fsp3) is 0.250. The van der Waals surface area contributed by atoms with Gasteiger partial charge in [0.05, 0.1) is 0 Å². The van der Waals surface area contributed by atoms with E-state index in [1.165, 1.54) is 4.88 Å². The van der Waals surface area contributed by atoms with Crippen molar-refractivity contribution in [2.45, 2.75) is 13.1 Å². The van der Waals surface area contributed by atoms with Crippen LogP contribution >= 0.6 is 11.3 Å². The Hall–Kier alpha value is -1.39. The maximum atomic E-state index is 11.4. The van der Waals surface area contributed by atoms with Gasteiger partial charge < -0.3 is 9.88 Å². The van der Waals surface area contributed by atoms with E-state index in [2.05, 4.69) is 16.8 Å². The highest BCUT2D eigenvalue weighted by Crippen LogP contribution is 2.06. The van der Waals surface area contributed by atoms with Crippen LogP contribution in [-0.4, -0.2) is 11.1 Å². The van der Waals surface area contributed by atoms with Crippen molar-refractivity contribution in [3.8, 4) is 0 Å². The summed E-state index contributed by atoms with van der Waals surface area (Å²) in [5, 5.41) is 5.38. The predicted molar refractivity (Wildman–Crippen MR) is 66.7 cm³/mol. The number of nitrogens with one attached hydrogen (secondary N) is 1. The van der Waals surface area contributed by atoms with Crippen molar-refractivity contribution >= 4 is 11.3 Å². The molecule has 2 aromatic rings. The van der Waals surface area contributed by atoms with Gasteiger partial charge in [0, 0.05) is 36.8 Å². The zero-order valence-corrected chi connectivity index (χ0v) is 9.74. The van der Waals surface area contributed by atoms with Gasteiger partial charge in [-0.2, -0.15) is 0 Å². The molecule has 1 N–H and O–H groups in total. The van der Waals surface area contributed by atoms with Crippen LogP contribution in [0, 0.1) is 0 Å². The van der Waals surface area contributed by atoms with Gasteiger partial charge in [-0.05, 0) is 17.5 Å². The molecule has 16 heavy (non-hydrogen) atoms. The standard InChI is InChI=1S/C12H14N2OS/c15-12-5-1-2-7-14(12)8-6-13-10-11-4-3-9-16-11/h1-5,7,9,13H,6,8,10H2. The lowest BCUT2D eigenvalue weighted by Gasteiger charge is -2.05. The lowest BCUT2D eigenvalue weighted by atomic mass is 10.4. The Morgan fingerprint density at radius 1 is 1.25 bits per heavy atom. The van der Waals surface area contributed by atoms with Crippen LogP contribution in [0.15, 0.2) is 46.7 Å². The molecule has 2 aromatic heterocycles. The summed E-state index contributed by atoms with van der Waals surface area (Å²) < 4.78 is 1.71. The molecule has 0 bridgehead atoms. The summed E-state index contributed by atoms with van der Waals surface area (Å²) in [6.07, 6.45) is 1.81. The molecule has 0 spiro atoms. The van der Waals surface area contributed by atoms with Crippen LogP contribution in [0.2, 0.25) is 0 Å². The van der Waals surface area contributed by atoms with Crippen LogP contribution in [0.3, 0.4) is 0 Å². The highest BCUT2D eigenvalue weighted by atomic mass is 32.1. The quantitative estimate of drug-likeness (QED) is 0.799. The Morgan fingerprint density at radius 2 is 2.19 bits per heavy atom. The fourth-order valence-electron chi connectivity index (χ4n) is 1.47. The normalized spacial score (nSPS) is 10.5. The Bertz CT molecular complexity index is 476. The molecule has 0 aliphatic heterocycles. The van der Waals surface area contributed by atoms with Gasteiger partial charge >= 0.3 is 0 Å². The van der Waals surface area contributed by atoms with Crippen molar-refractivity contribution in [1.82, 2.24) is 9.88 Å². The molecule has 84 valence electrons. The van der Waals surface area contributed by atoms with E-state index in [0.29, 0.717) is 6.54 Å². The second-order valence-corrected chi connectivity index (χ2v) is 4.52. The number of pyridine rings is 1. The monoisotopic (exact) mass is 234 g/mol. The molecule has 3 nitrogen and oxygen atoms in total. The van der Waals surface area contributed by atoms with Gasteiger partial charge in [-0.25, -0.2) is 0 Å². The van der Waals surface area contributed by atoms with Crippen LogP contribution in [0.4, 0.5) is 0 Å². The third-order valence-corrected chi connectivity index (χ3v) is 3.18. The molecule has 0 atom stereocenters. The molecule has 0 saturated carbocycles. The topological polar surface area (TPSA) is 34.0 Å². The molecule has 2 rings (SSSR count). The number of nitrogens with zero attached hydrogens (tertiary/aromatic N) is 1. The third kappa shape index (κ3) is 3.05. The number of hydrogen-bond donors (Lipinski definition) is 1. The highest BCUT2D eigenvalue weighted by Gasteiger charge is 1.95. The molecular formula is C12H14N2OS. The van der Waals surface area contributed by atoms with Crippen molar-refractivity contribution in [2.75, 3.05) is 6.54 Å². The molecule has 0 saturated heterocycles. The second kappa shape index (κ2) is 5.63. The van der Waals surface area contributed by atoms with Gasteiger partial charge in [-0.3, -0.25) is 4.79 Å². The van der Waals surface area contributed by atoms with E-state index in [9.17, 15) is 4.79 Å². The summed E-state index contributed by atoms with van der Waals surface area (Å²) in [6, 6.07) is 9.37. The molecule has 2 heterocycles. The number of rotatable bonds is 5. The summed E-state index contributed by atoms with van der Waals surface area (Å²) in [5.41, 5.74) is 0.0559. The van der Waals surface area contributed by atoms with Crippen molar-refractivity contribution in [3.63, 3.8) is 0 Å². The molecule has 0 aliphatic carbocycles. The smallest absolute Gasteiger partial charge is 0.250 e. The minimum Gasteiger partial charge on any atom is -0.314 e. The zero-order valence-electron chi connectivity index (χ0n) is 8.93. The Labute approximate surface area is 98.4 Å². The lowest BCUT2D eigenvalue weighted by Crippen LogP contribution is -2.25. The van der Waals surface area contributed by atoms with Crippen LogP contribution in [0.25, 0.3) is 0 Å². The van der Waals surface area contributed by atoms with Crippen LogP contribution < -0.4 is 10.9 Å². The van der Waals surface area contributed by atoms with Gasteiger partial charge in [0.1, 0.15) is 0 Å². The summed E-state index contributed by atoms with van der Waals surface area (Å²) in [7, 11) is 0. The van der Waals surface area contributed by atoms with Crippen LogP contribution in [0.5, 0.6) is 0 Å². The first-order chi connectivity index (χ1) is 7.86. The molecule has 0 aliphatic rings. The van der Waals surface area contributed by atoms with Gasteiger partial charge in [0.25, 0.3) is 5.56 Å². The molecule has 0 amide bonds. The molecule has 0 radical (unpaired) electrons. The van der Waals surface area contributed by atoms with Gasteiger partial charge in [0.2, 0.25) is 0 Å². The van der Waals surface area contributed by atoms with E-state index in [4.69, 9.17) is 0 Å². The fourth-order valence-corrected chi connectivity index (χ4v) is 2.14. The maximum absolute atomic E-state index is 11.4. The van der Waals surface area contributed by atoms with E-state index < -0.39 is 0 Å². The second-order valence-electron chi connectivity index (χ2n) is 3.49. The number of aromatic nitrogens is 1. The molecule has 0 fully saturated rings. The minimum absolute atomic E-state index is 0.0559. The van der Waals surface area contributed by atoms with E-state index in [1.807, 2.05) is 18.3 Å². The molecule has 4 heteroatoms. The number of hydrogen-bond acceptors (Lipinski definition) is 3. The SMILES string of the molecule is O=c1ccccn1CCNCc1cccs1. The summed E-state index contributed by atoms with van der Waals surface area (Å²) in [4.78, 5) is 12.7.